The second kappa shape index (κ2) is 10.6. The van der Waals surface area contributed by atoms with E-state index in [0.29, 0.717) is 28.4 Å². The van der Waals surface area contributed by atoms with Gasteiger partial charge in [0, 0.05) is 36.8 Å². The Hall–Kier alpha value is -5.22. The standard InChI is InChI=1S/C32H28N8O2/c33-30-29-31(35-18-34-30)40(19-36-29)24-12-14-39(15-13-24)17-20-6-8-22(9-7-20)28-27(21-4-2-1-3-5-21)37-25-11-10-23(32(41)42)16-26(25)38-28/h1-11,16,18-19,24H,12-15,17H2,(H,41,42)(H2,33,34,35). The highest BCUT2D eigenvalue weighted by molar-refractivity contribution is 5.94. The van der Waals surface area contributed by atoms with Crippen LogP contribution in [0.3, 0.4) is 0 Å². The molecular weight excluding hydrogens is 528 g/mol. The number of carbonyl (C=O) groups is 1. The zero-order valence-corrected chi connectivity index (χ0v) is 22.8. The lowest BCUT2D eigenvalue weighted by Gasteiger charge is -2.32. The van der Waals surface area contributed by atoms with E-state index in [1.54, 1.807) is 18.2 Å². The average Bonchev–Trinajstić information content (AvgIpc) is 3.47. The quantitative estimate of drug-likeness (QED) is 0.283. The van der Waals surface area contributed by atoms with E-state index in [1.165, 1.54) is 11.9 Å². The topological polar surface area (TPSA) is 136 Å². The summed E-state index contributed by atoms with van der Waals surface area (Å²) in [5.74, 6) is -0.576. The van der Waals surface area contributed by atoms with Crippen LogP contribution in [0.4, 0.5) is 5.82 Å². The lowest BCUT2D eigenvalue weighted by atomic mass is 10.0. The Morgan fingerprint density at radius 3 is 2.31 bits per heavy atom. The largest absolute Gasteiger partial charge is 0.478 e. The maximum Gasteiger partial charge on any atom is 0.335 e. The van der Waals surface area contributed by atoms with Crippen molar-refractivity contribution in [3.8, 4) is 22.5 Å². The van der Waals surface area contributed by atoms with E-state index in [2.05, 4.69) is 48.7 Å². The molecule has 3 N–H and O–H groups in total. The number of nitrogen functional groups attached to an aromatic ring is 1. The number of fused-ring (bicyclic) bond motifs is 2. The number of rotatable bonds is 6. The van der Waals surface area contributed by atoms with Crippen molar-refractivity contribution in [1.29, 1.82) is 0 Å². The summed E-state index contributed by atoms with van der Waals surface area (Å²) in [6, 6.07) is 23.6. The minimum Gasteiger partial charge on any atom is -0.478 e. The van der Waals surface area contributed by atoms with Crippen LogP contribution < -0.4 is 5.73 Å². The lowest BCUT2D eigenvalue weighted by Crippen LogP contribution is -2.34. The van der Waals surface area contributed by atoms with Gasteiger partial charge in [-0.2, -0.15) is 0 Å². The summed E-state index contributed by atoms with van der Waals surface area (Å²) < 4.78 is 2.13. The van der Waals surface area contributed by atoms with Gasteiger partial charge in [0.1, 0.15) is 11.8 Å². The molecule has 0 bridgehead atoms. The molecule has 0 spiro atoms. The first kappa shape index (κ1) is 25.7. The number of carboxylic acid groups (broad SMARTS) is 1. The van der Waals surface area contributed by atoms with Crippen LogP contribution in [-0.4, -0.2) is 58.6 Å². The summed E-state index contributed by atoms with van der Waals surface area (Å²) >= 11 is 0. The number of nitrogens with zero attached hydrogens (tertiary/aromatic N) is 7. The van der Waals surface area contributed by atoms with E-state index in [1.807, 2.05) is 36.7 Å². The molecule has 1 saturated heterocycles. The lowest BCUT2D eigenvalue weighted by molar-refractivity contribution is 0.0697. The average molecular weight is 557 g/mol. The Balaban J connectivity index is 1.11. The second-order valence-corrected chi connectivity index (χ2v) is 10.6. The molecule has 0 amide bonds. The summed E-state index contributed by atoms with van der Waals surface area (Å²) in [5, 5.41) is 9.48. The van der Waals surface area contributed by atoms with Gasteiger partial charge in [0.05, 0.1) is 34.3 Å². The third-order valence-corrected chi connectivity index (χ3v) is 7.93. The number of imidazole rings is 1. The molecule has 10 nitrogen and oxygen atoms in total. The number of hydrogen-bond donors (Lipinski definition) is 2. The summed E-state index contributed by atoms with van der Waals surface area (Å²) in [6.45, 7) is 2.78. The molecule has 1 aliphatic heterocycles. The van der Waals surface area contributed by atoms with Crippen molar-refractivity contribution >= 4 is 34.0 Å². The molecule has 4 heterocycles. The number of hydrogen-bond acceptors (Lipinski definition) is 8. The maximum atomic E-state index is 11.6. The number of aromatic carboxylic acids is 1. The van der Waals surface area contributed by atoms with E-state index >= 15 is 0 Å². The van der Waals surface area contributed by atoms with Crippen molar-refractivity contribution in [1.82, 2.24) is 34.4 Å². The zero-order valence-electron chi connectivity index (χ0n) is 22.8. The summed E-state index contributed by atoms with van der Waals surface area (Å²) in [7, 11) is 0. The molecular formula is C32H28N8O2. The normalized spacial score (nSPS) is 14.5. The van der Waals surface area contributed by atoms with Crippen molar-refractivity contribution in [2.24, 2.45) is 0 Å². The molecule has 6 aromatic rings. The van der Waals surface area contributed by atoms with Gasteiger partial charge in [-0.05, 0) is 36.6 Å². The van der Waals surface area contributed by atoms with Crippen LogP contribution in [0.25, 0.3) is 44.7 Å². The maximum absolute atomic E-state index is 11.6. The summed E-state index contributed by atoms with van der Waals surface area (Å²) in [6.07, 6.45) is 5.32. The number of nitrogens with two attached hydrogens (primary N) is 1. The molecule has 0 unspecified atom stereocenters. The molecule has 0 atom stereocenters. The van der Waals surface area contributed by atoms with Crippen LogP contribution in [0.5, 0.6) is 0 Å². The Labute approximate surface area is 241 Å². The number of aromatic nitrogens is 6. The minimum atomic E-state index is -0.988. The van der Waals surface area contributed by atoms with Crippen LogP contribution in [0.1, 0.15) is 34.8 Å². The predicted octanol–water partition coefficient (Wildman–Crippen LogP) is 5.22. The van der Waals surface area contributed by atoms with Crippen molar-refractivity contribution in [2.45, 2.75) is 25.4 Å². The van der Waals surface area contributed by atoms with E-state index in [0.717, 1.165) is 60.6 Å². The van der Waals surface area contributed by atoms with Crippen LogP contribution in [-0.2, 0) is 6.54 Å². The van der Waals surface area contributed by atoms with E-state index in [-0.39, 0.29) is 5.56 Å². The second-order valence-electron chi connectivity index (χ2n) is 10.6. The number of benzene rings is 3. The molecule has 1 aliphatic rings. The van der Waals surface area contributed by atoms with Gasteiger partial charge in [0.2, 0.25) is 0 Å². The van der Waals surface area contributed by atoms with Crippen molar-refractivity contribution in [3.63, 3.8) is 0 Å². The number of anilines is 1. The molecule has 10 heteroatoms. The Kier molecular flexibility index (Phi) is 6.52. The first-order valence-corrected chi connectivity index (χ1v) is 13.9. The first-order chi connectivity index (χ1) is 20.5. The molecule has 208 valence electrons. The van der Waals surface area contributed by atoms with Gasteiger partial charge < -0.3 is 15.4 Å². The van der Waals surface area contributed by atoms with Crippen LogP contribution in [0.2, 0.25) is 0 Å². The fourth-order valence-corrected chi connectivity index (χ4v) is 5.71. The van der Waals surface area contributed by atoms with Crippen LogP contribution in [0.15, 0.2) is 85.5 Å². The molecule has 0 radical (unpaired) electrons. The van der Waals surface area contributed by atoms with Gasteiger partial charge in [0.25, 0.3) is 0 Å². The Morgan fingerprint density at radius 2 is 1.57 bits per heavy atom. The van der Waals surface area contributed by atoms with E-state index in [9.17, 15) is 9.90 Å². The number of carboxylic acids is 1. The van der Waals surface area contributed by atoms with Gasteiger partial charge in [-0.3, -0.25) is 4.90 Å². The highest BCUT2D eigenvalue weighted by atomic mass is 16.4. The van der Waals surface area contributed by atoms with Gasteiger partial charge in [0.15, 0.2) is 11.5 Å². The summed E-state index contributed by atoms with van der Waals surface area (Å²) in [5.41, 5.74) is 13.4. The fraction of sp³-hybridized carbons (Fsp3) is 0.188. The zero-order chi connectivity index (χ0) is 28.6. The monoisotopic (exact) mass is 556 g/mol. The van der Waals surface area contributed by atoms with Crippen LogP contribution in [0, 0.1) is 0 Å². The third kappa shape index (κ3) is 4.82. The molecule has 42 heavy (non-hydrogen) atoms. The predicted molar refractivity (Wildman–Crippen MR) is 161 cm³/mol. The molecule has 3 aromatic carbocycles. The first-order valence-electron chi connectivity index (χ1n) is 13.9. The highest BCUT2D eigenvalue weighted by Crippen LogP contribution is 2.32. The Bertz CT molecular complexity index is 1910. The summed E-state index contributed by atoms with van der Waals surface area (Å²) in [4.78, 5) is 36.7. The van der Waals surface area contributed by atoms with Gasteiger partial charge in [-0.15, -0.1) is 0 Å². The minimum absolute atomic E-state index is 0.188. The molecule has 1 fully saturated rings. The van der Waals surface area contributed by atoms with E-state index in [4.69, 9.17) is 15.7 Å². The third-order valence-electron chi connectivity index (χ3n) is 7.93. The van der Waals surface area contributed by atoms with Crippen molar-refractivity contribution < 1.29 is 9.90 Å². The number of likely N-dealkylation sites (tertiary alicyclic amines) is 1. The van der Waals surface area contributed by atoms with Crippen molar-refractivity contribution in [3.05, 3.63) is 96.6 Å². The molecule has 0 aliphatic carbocycles. The smallest absolute Gasteiger partial charge is 0.335 e. The highest BCUT2D eigenvalue weighted by Gasteiger charge is 2.23. The molecule has 0 saturated carbocycles. The van der Waals surface area contributed by atoms with Gasteiger partial charge >= 0.3 is 5.97 Å². The van der Waals surface area contributed by atoms with E-state index < -0.39 is 5.97 Å². The van der Waals surface area contributed by atoms with Crippen molar-refractivity contribution in [2.75, 3.05) is 18.8 Å². The van der Waals surface area contributed by atoms with Crippen LogP contribution >= 0.6 is 0 Å². The van der Waals surface area contributed by atoms with Gasteiger partial charge in [-0.25, -0.2) is 29.7 Å². The fourth-order valence-electron chi connectivity index (χ4n) is 5.71. The molecule has 7 rings (SSSR count). The molecule has 3 aromatic heterocycles. The SMILES string of the molecule is Nc1ncnc2c1ncn2C1CCN(Cc2ccc(-c3nc4cc(C(=O)O)ccc4nc3-c3ccccc3)cc2)CC1. The number of piperidine rings is 1. The van der Waals surface area contributed by atoms with Gasteiger partial charge in [-0.1, -0.05) is 54.6 Å². The Morgan fingerprint density at radius 1 is 0.857 bits per heavy atom.